The average molecular weight is 375 g/mol. The topological polar surface area (TPSA) is 76.1 Å². The fraction of sp³-hybridized carbons (Fsp3) is 0.421. The first-order valence-corrected chi connectivity index (χ1v) is 9.20. The summed E-state index contributed by atoms with van der Waals surface area (Å²) in [6.45, 7) is 1.78. The van der Waals surface area contributed by atoms with Crippen LogP contribution in [0, 0.1) is 6.92 Å². The second kappa shape index (κ2) is 8.36. The van der Waals surface area contributed by atoms with Gasteiger partial charge in [-0.05, 0) is 38.0 Å². The van der Waals surface area contributed by atoms with Crippen molar-refractivity contribution in [2.24, 2.45) is 0 Å². The van der Waals surface area contributed by atoms with Gasteiger partial charge in [0.05, 0.1) is 12.1 Å². The minimum atomic E-state index is -0.302. The third-order valence-electron chi connectivity index (χ3n) is 4.44. The molecule has 0 saturated heterocycles. The summed E-state index contributed by atoms with van der Waals surface area (Å²) in [4.78, 5) is 21.2. The minimum Gasteiger partial charge on any atom is -0.495 e. The van der Waals surface area contributed by atoms with Gasteiger partial charge in [-0.1, -0.05) is 30.9 Å². The number of nitrogens with zero attached hydrogens (tertiary/aromatic N) is 2. The fourth-order valence-electron chi connectivity index (χ4n) is 3.15. The van der Waals surface area contributed by atoms with Crippen molar-refractivity contribution in [1.29, 1.82) is 0 Å². The summed E-state index contributed by atoms with van der Waals surface area (Å²) in [5.41, 5.74) is 0.904. The van der Waals surface area contributed by atoms with Crippen LogP contribution in [0.2, 0.25) is 5.02 Å². The third-order valence-corrected chi connectivity index (χ3v) is 4.73. The summed E-state index contributed by atoms with van der Waals surface area (Å²) in [6, 6.07) is 7.20. The molecule has 0 radical (unpaired) electrons. The van der Waals surface area contributed by atoms with Crippen LogP contribution in [0.15, 0.2) is 24.3 Å². The lowest BCUT2D eigenvalue weighted by atomic mass is 9.95. The van der Waals surface area contributed by atoms with E-state index in [2.05, 4.69) is 20.6 Å². The number of aromatic nitrogens is 2. The van der Waals surface area contributed by atoms with Gasteiger partial charge in [-0.25, -0.2) is 9.97 Å². The molecule has 1 aliphatic rings. The number of nitrogens with one attached hydrogen (secondary N) is 2. The average Bonchev–Trinajstić information content (AvgIpc) is 2.62. The molecule has 1 aromatic heterocycles. The van der Waals surface area contributed by atoms with Gasteiger partial charge < -0.3 is 15.4 Å². The number of halogens is 1. The zero-order valence-corrected chi connectivity index (χ0v) is 15.8. The molecule has 2 N–H and O–H groups in total. The monoisotopic (exact) mass is 374 g/mol. The molecule has 0 aliphatic heterocycles. The van der Waals surface area contributed by atoms with Crippen LogP contribution < -0.4 is 15.4 Å². The minimum absolute atomic E-state index is 0.302. The molecule has 1 fully saturated rings. The second-order valence-corrected chi connectivity index (χ2v) is 6.88. The van der Waals surface area contributed by atoms with Gasteiger partial charge in [0, 0.05) is 17.8 Å². The molecular weight excluding hydrogens is 352 g/mol. The molecule has 1 heterocycles. The normalized spacial score (nSPS) is 14.7. The molecule has 1 amide bonds. The molecule has 1 aliphatic carbocycles. The van der Waals surface area contributed by atoms with Crippen LogP contribution in [-0.4, -0.2) is 29.0 Å². The maximum Gasteiger partial charge on any atom is 0.274 e. The van der Waals surface area contributed by atoms with E-state index in [1.165, 1.54) is 19.3 Å². The number of hydrogen-bond donors (Lipinski definition) is 2. The lowest BCUT2D eigenvalue weighted by Gasteiger charge is -2.23. The number of rotatable bonds is 5. The Bertz CT molecular complexity index is 791. The number of aryl methyl sites for hydroxylation is 1. The number of methoxy groups -OCH3 is 1. The number of anilines is 2. The van der Waals surface area contributed by atoms with E-state index in [9.17, 15) is 4.79 Å². The van der Waals surface area contributed by atoms with E-state index in [0.717, 1.165) is 12.8 Å². The Kier molecular flexibility index (Phi) is 5.93. The number of hydrogen-bond acceptors (Lipinski definition) is 5. The van der Waals surface area contributed by atoms with Gasteiger partial charge in [-0.15, -0.1) is 0 Å². The number of ether oxygens (including phenoxy) is 1. The van der Waals surface area contributed by atoms with E-state index >= 15 is 0 Å². The molecule has 2 aromatic rings. The molecule has 1 saturated carbocycles. The summed E-state index contributed by atoms with van der Waals surface area (Å²) in [5.74, 6) is 1.51. The highest BCUT2D eigenvalue weighted by Gasteiger charge is 2.16. The molecule has 26 heavy (non-hydrogen) atoms. The smallest absolute Gasteiger partial charge is 0.274 e. The summed E-state index contributed by atoms with van der Waals surface area (Å²) in [7, 11) is 1.55. The molecule has 0 atom stereocenters. The van der Waals surface area contributed by atoms with E-state index in [-0.39, 0.29) is 5.91 Å². The van der Waals surface area contributed by atoms with Crippen molar-refractivity contribution >= 4 is 29.0 Å². The van der Waals surface area contributed by atoms with Crippen LogP contribution in [-0.2, 0) is 0 Å². The Balaban J connectivity index is 1.73. The predicted molar refractivity (Wildman–Crippen MR) is 103 cm³/mol. The molecule has 0 bridgehead atoms. The van der Waals surface area contributed by atoms with Gasteiger partial charge in [0.15, 0.2) is 0 Å². The van der Waals surface area contributed by atoms with Gasteiger partial charge in [0.1, 0.15) is 23.1 Å². The summed E-state index contributed by atoms with van der Waals surface area (Å²) in [6.07, 6.45) is 6.02. The van der Waals surface area contributed by atoms with Crippen LogP contribution in [0.5, 0.6) is 5.75 Å². The van der Waals surface area contributed by atoms with Crippen molar-refractivity contribution in [3.8, 4) is 5.75 Å². The Hall–Kier alpha value is -2.34. The summed E-state index contributed by atoms with van der Waals surface area (Å²) < 4.78 is 5.12. The molecular formula is C19H23ClN4O2. The van der Waals surface area contributed by atoms with Crippen molar-refractivity contribution in [2.75, 3.05) is 17.7 Å². The molecule has 3 rings (SSSR count). The lowest BCUT2D eigenvalue weighted by molar-refractivity contribution is 0.102. The van der Waals surface area contributed by atoms with Gasteiger partial charge in [0.25, 0.3) is 5.91 Å². The fourth-order valence-corrected chi connectivity index (χ4v) is 3.41. The molecule has 1 aromatic carbocycles. The Labute approximate surface area is 158 Å². The Morgan fingerprint density at radius 1 is 1.19 bits per heavy atom. The number of amides is 1. The first-order chi connectivity index (χ1) is 12.5. The number of benzene rings is 1. The second-order valence-electron chi connectivity index (χ2n) is 6.47. The van der Waals surface area contributed by atoms with Gasteiger partial charge in [-0.3, -0.25) is 4.79 Å². The SMILES string of the molecule is COc1ccc(NC(=O)c2cc(NC3CCCCC3)nc(C)n2)cc1Cl. The first-order valence-electron chi connectivity index (χ1n) is 8.82. The quantitative estimate of drug-likeness (QED) is 0.808. The Morgan fingerprint density at radius 2 is 1.96 bits per heavy atom. The van der Waals surface area contributed by atoms with Crippen LogP contribution in [0.3, 0.4) is 0 Å². The molecule has 138 valence electrons. The van der Waals surface area contributed by atoms with Crippen LogP contribution in [0.1, 0.15) is 48.4 Å². The summed E-state index contributed by atoms with van der Waals surface area (Å²) in [5, 5.41) is 6.68. The maximum absolute atomic E-state index is 12.6. The van der Waals surface area contributed by atoms with Crippen molar-refractivity contribution in [1.82, 2.24) is 9.97 Å². The van der Waals surface area contributed by atoms with Gasteiger partial charge in [0.2, 0.25) is 0 Å². The van der Waals surface area contributed by atoms with Crippen molar-refractivity contribution in [3.63, 3.8) is 0 Å². The van der Waals surface area contributed by atoms with Crippen LogP contribution >= 0.6 is 11.6 Å². The molecule has 0 spiro atoms. The van der Waals surface area contributed by atoms with Crippen molar-refractivity contribution in [2.45, 2.75) is 45.1 Å². The van der Waals surface area contributed by atoms with Crippen LogP contribution in [0.25, 0.3) is 0 Å². The van der Waals surface area contributed by atoms with Crippen molar-refractivity contribution < 1.29 is 9.53 Å². The summed E-state index contributed by atoms with van der Waals surface area (Å²) >= 11 is 6.11. The largest absolute Gasteiger partial charge is 0.495 e. The highest BCUT2D eigenvalue weighted by molar-refractivity contribution is 6.32. The van der Waals surface area contributed by atoms with E-state index in [1.54, 1.807) is 38.3 Å². The van der Waals surface area contributed by atoms with Gasteiger partial charge >= 0.3 is 0 Å². The Morgan fingerprint density at radius 3 is 2.65 bits per heavy atom. The van der Waals surface area contributed by atoms with E-state index < -0.39 is 0 Å². The van der Waals surface area contributed by atoms with E-state index in [4.69, 9.17) is 16.3 Å². The highest BCUT2D eigenvalue weighted by atomic mass is 35.5. The first kappa shape index (κ1) is 18.5. The predicted octanol–water partition coefficient (Wildman–Crippen LogP) is 4.44. The van der Waals surface area contributed by atoms with Gasteiger partial charge in [-0.2, -0.15) is 0 Å². The maximum atomic E-state index is 12.6. The molecule has 6 nitrogen and oxygen atoms in total. The molecule has 7 heteroatoms. The zero-order valence-electron chi connectivity index (χ0n) is 15.0. The van der Waals surface area contributed by atoms with E-state index in [1.807, 2.05) is 0 Å². The standard InChI is InChI=1S/C19H23ClN4O2/c1-12-21-16(11-18(22-12)23-13-6-4-3-5-7-13)19(25)24-14-8-9-17(26-2)15(20)10-14/h8-11,13H,3-7H2,1-2H3,(H,24,25)(H,21,22,23). The number of carbonyl (C=O) groups is 1. The zero-order chi connectivity index (χ0) is 18.5. The van der Waals surface area contributed by atoms with E-state index in [0.29, 0.717) is 39.8 Å². The highest BCUT2D eigenvalue weighted by Crippen LogP contribution is 2.27. The molecule has 0 unspecified atom stereocenters. The number of carbonyl (C=O) groups excluding carboxylic acids is 1. The lowest BCUT2D eigenvalue weighted by Crippen LogP contribution is -2.24. The van der Waals surface area contributed by atoms with Crippen LogP contribution in [0.4, 0.5) is 11.5 Å². The van der Waals surface area contributed by atoms with Crippen molar-refractivity contribution in [3.05, 3.63) is 40.8 Å². The third kappa shape index (κ3) is 4.64.